The molecule has 1 N–H and O–H groups in total. The van der Waals surface area contributed by atoms with Crippen molar-refractivity contribution in [3.63, 3.8) is 0 Å². The van der Waals surface area contributed by atoms with E-state index in [4.69, 9.17) is 0 Å². The molecule has 0 aromatic carbocycles. The van der Waals surface area contributed by atoms with Gasteiger partial charge in [0, 0.05) is 32.2 Å². The molecule has 0 saturated carbocycles. The van der Waals surface area contributed by atoms with Crippen LogP contribution >= 0.6 is 0 Å². The molecule has 1 saturated heterocycles. The van der Waals surface area contributed by atoms with Crippen molar-refractivity contribution >= 4 is 5.82 Å². The molecular weight excluding hydrogens is 188 g/mol. The second kappa shape index (κ2) is 4.23. The smallest absolute Gasteiger partial charge is 0.131 e. The largest absolute Gasteiger partial charge is 0.357 e. The summed E-state index contributed by atoms with van der Waals surface area (Å²) in [7, 11) is 4.03. The molecule has 0 radical (unpaired) electrons. The van der Waals surface area contributed by atoms with Crippen LogP contribution in [0.5, 0.6) is 0 Å². The maximum absolute atomic E-state index is 4.51. The highest BCUT2D eigenvalue weighted by atomic mass is 15.4. The second-order valence-corrected chi connectivity index (χ2v) is 4.24. The van der Waals surface area contributed by atoms with Crippen molar-refractivity contribution in [3.8, 4) is 0 Å². The minimum absolute atomic E-state index is 0.908. The molecule has 84 valence electrons. The van der Waals surface area contributed by atoms with Gasteiger partial charge in [-0.15, -0.1) is 0 Å². The van der Waals surface area contributed by atoms with Gasteiger partial charge in [0.15, 0.2) is 0 Å². The van der Waals surface area contributed by atoms with Crippen LogP contribution in [-0.2, 0) is 13.6 Å². The molecular formula is C11H20N4. The molecule has 0 atom stereocenters. The molecule has 15 heavy (non-hydrogen) atoms. The highest BCUT2D eigenvalue weighted by Gasteiger charge is 2.21. The molecule has 0 bridgehead atoms. The van der Waals surface area contributed by atoms with Crippen molar-refractivity contribution in [1.82, 2.24) is 15.1 Å². The summed E-state index contributed by atoms with van der Waals surface area (Å²) in [4.78, 5) is 2.45. The van der Waals surface area contributed by atoms with E-state index in [0.717, 1.165) is 12.2 Å². The Balaban J connectivity index is 2.34. The van der Waals surface area contributed by atoms with E-state index in [2.05, 4.69) is 22.2 Å². The summed E-state index contributed by atoms with van der Waals surface area (Å²) < 4.78 is 2.02. The third-order valence-electron chi connectivity index (χ3n) is 3.07. The Kier molecular flexibility index (Phi) is 2.95. The highest BCUT2D eigenvalue weighted by Crippen LogP contribution is 2.26. The standard InChI is InChI=1S/C11H20N4/c1-9-10(8-12-2)11(14(3)13-9)15-6-4-5-7-15/h12H,4-8H2,1-3H3. The van der Waals surface area contributed by atoms with Crippen molar-refractivity contribution in [2.45, 2.75) is 26.3 Å². The number of aryl methyl sites for hydroxylation is 2. The zero-order valence-electron chi connectivity index (χ0n) is 9.88. The van der Waals surface area contributed by atoms with Gasteiger partial charge in [0.2, 0.25) is 0 Å². The summed E-state index contributed by atoms with van der Waals surface area (Å²) in [6, 6.07) is 0. The average Bonchev–Trinajstić information content (AvgIpc) is 2.77. The molecule has 1 aliphatic rings. The Morgan fingerprint density at radius 2 is 2.00 bits per heavy atom. The summed E-state index contributed by atoms with van der Waals surface area (Å²) >= 11 is 0. The van der Waals surface area contributed by atoms with Crippen LogP contribution in [0.2, 0.25) is 0 Å². The lowest BCUT2D eigenvalue weighted by Gasteiger charge is -2.19. The first-order chi connectivity index (χ1) is 7.24. The lowest BCUT2D eigenvalue weighted by Crippen LogP contribution is -2.23. The first kappa shape index (κ1) is 10.5. The van der Waals surface area contributed by atoms with Crippen LogP contribution in [0.25, 0.3) is 0 Å². The zero-order valence-corrected chi connectivity index (χ0v) is 9.88. The Hall–Kier alpha value is -1.03. The van der Waals surface area contributed by atoms with Gasteiger partial charge in [-0.3, -0.25) is 4.68 Å². The van der Waals surface area contributed by atoms with E-state index in [1.165, 1.54) is 37.3 Å². The van der Waals surface area contributed by atoms with Crippen molar-refractivity contribution in [2.75, 3.05) is 25.0 Å². The first-order valence-electron chi connectivity index (χ1n) is 5.66. The maximum Gasteiger partial charge on any atom is 0.131 e. The SMILES string of the molecule is CNCc1c(C)nn(C)c1N1CCCC1. The Labute approximate surface area is 91.3 Å². The van der Waals surface area contributed by atoms with E-state index in [1.807, 2.05) is 18.8 Å². The van der Waals surface area contributed by atoms with Crippen LogP contribution in [0.4, 0.5) is 5.82 Å². The topological polar surface area (TPSA) is 33.1 Å². The van der Waals surface area contributed by atoms with Gasteiger partial charge in [-0.1, -0.05) is 0 Å². The minimum atomic E-state index is 0.908. The monoisotopic (exact) mass is 208 g/mol. The second-order valence-electron chi connectivity index (χ2n) is 4.24. The fourth-order valence-corrected chi connectivity index (χ4v) is 2.40. The van der Waals surface area contributed by atoms with Crippen LogP contribution in [-0.4, -0.2) is 29.9 Å². The fourth-order valence-electron chi connectivity index (χ4n) is 2.40. The van der Waals surface area contributed by atoms with Gasteiger partial charge in [-0.25, -0.2) is 0 Å². The maximum atomic E-state index is 4.51. The predicted molar refractivity (Wildman–Crippen MR) is 62.2 cm³/mol. The Bertz CT molecular complexity index is 337. The quantitative estimate of drug-likeness (QED) is 0.806. The highest BCUT2D eigenvalue weighted by molar-refractivity contribution is 5.50. The number of nitrogens with one attached hydrogen (secondary N) is 1. The van der Waals surface area contributed by atoms with Crippen molar-refractivity contribution < 1.29 is 0 Å². The van der Waals surface area contributed by atoms with Gasteiger partial charge in [0.05, 0.1) is 5.69 Å². The number of anilines is 1. The van der Waals surface area contributed by atoms with Crippen molar-refractivity contribution in [2.24, 2.45) is 7.05 Å². The molecule has 1 aromatic rings. The molecule has 1 aliphatic heterocycles. The van der Waals surface area contributed by atoms with Gasteiger partial charge >= 0.3 is 0 Å². The Morgan fingerprint density at radius 3 is 2.60 bits per heavy atom. The summed E-state index contributed by atoms with van der Waals surface area (Å²) in [6.45, 7) is 5.35. The fraction of sp³-hybridized carbons (Fsp3) is 0.727. The van der Waals surface area contributed by atoms with Gasteiger partial charge in [-0.2, -0.15) is 5.10 Å². The van der Waals surface area contributed by atoms with E-state index in [9.17, 15) is 0 Å². The van der Waals surface area contributed by atoms with E-state index in [0.29, 0.717) is 0 Å². The third-order valence-corrected chi connectivity index (χ3v) is 3.07. The summed E-state index contributed by atoms with van der Waals surface area (Å²) in [6.07, 6.45) is 2.62. The molecule has 2 heterocycles. The summed E-state index contributed by atoms with van der Waals surface area (Å²) in [5, 5.41) is 7.73. The minimum Gasteiger partial charge on any atom is -0.357 e. The van der Waals surface area contributed by atoms with Crippen molar-refractivity contribution in [3.05, 3.63) is 11.3 Å². The van der Waals surface area contributed by atoms with Gasteiger partial charge in [0.1, 0.15) is 5.82 Å². The van der Waals surface area contributed by atoms with Crippen LogP contribution in [0.15, 0.2) is 0 Å². The van der Waals surface area contributed by atoms with Crippen LogP contribution in [0, 0.1) is 6.92 Å². The number of rotatable bonds is 3. The third kappa shape index (κ3) is 1.86. The van der Waals surface area contributed by atoms with Crippen LogP contribution in [0.1, 0.15) is 24.1 Å². The van der Waals surface area contributed by atoms with Crippen molar-refractivity contribution in [1.29, 1.82) is 0 Å². The molecule has 1 fully saturated rings. The molecule has 1 aromatic heterocycles. The van der Waals surface area contributed by atoms with E-state index in [1.54, 1.807) is 0 Å². The summed E-state index contributed by atoms with van der Waals surface area (Å²) in [5.41, 5.74) is 2.50. The lowest BCUT2D eigenvalue weighted by atomic mass is 10.2. The lowest BCUT2D eigenvalue weighted by molar-refractivity contribution is 0.728. The van der Waals surface area contributed by atoms with Gasteiger partial charge < -0.3 is 10.2 Å². The van der Waals surface area contributed by atoms with Crippen LogP contribution < -0.4 is 10.2 Å². The van der Waals surface area contributed by atoms with Gasteiger partial charge in [-0.05, 0) is 26.8 Å². The molecule has 4 nitrogen and oxygen atoms in total. The number of hydrogen-bond donors (Lipinski definition) is 1. The zero-order chi connectivity index (χ0) is 10.8. The van der Waals surface area contributed by atoms with Crippen LogP contribution in [0.3, 0.4) is 0 Å². The Morgan fingerprint density at radius 1 is 1.33 bits per heavy atom. The molecule has 0 spiro atoms. The van der Waals surface area contributed by atoms with E-state index < -0.39 is 0 Å². The molecule has 0 unspecified atom stereocenters. The van der Waals surface area contributed by atoms with E-state index in [-0.39, 0.29) is 0 Å². The van der Waals surface area contributed by atoms with Gasteiger partial charge in [0.25, 0.3) is 0 Å². The molecule has 0 aliphatic carbocycles. The van der Waals surface area contributed by atoms with E-state index >= 15 is 0 Å². The average molecular weight is 208 g/mol. The number of aromatic nitrogens is 2. The predicted octanol–water partition coefficient (Wildman–Crippen LogP) is 1.05. The summed E-state index contributed by atoms with van der Waals surface area (Å²) in [5.74, 6) is 1.30. The number of nitrogens with zero attached hydrogens (tertiary/aromatic N) is 3. The molecule has 2 rings (SSSR count). The normalized spacial score (nSPS) is 16.3. The first-order valence-corrected chi connectivity index (χ1v) is 5.66. The number of hydrogen-bond acceptors (Lipinski definition) is 3. The molecule has 4 heteroatoms. The molecule has 0 amide bonds.